The number of pyridine rings is 1. The van der Waals surface area contributed by atoms with E-state index in [9.17, 15) is 10.1 Å². The van der Waals surface area contributed by atoms with E-state index in [2.05, 4.69) is 15.3 Å². The number of fused-ring (bicyclic) bond motifs is 1. The molecule has 0 aliphatic carbocycles. The lowest BCUT2D eigenvalue weighted by Gasteiger charge is -2.08. The Morgan fingerprint density at radius 3 is 2.95 bits per heavy atom. The number of rotatable bonds is 4. The van der Waals surface area contributed by atoms with Crippen molar-refractivity contribution in [3.8, 4) is 0 Å². The fourth-order valence-corrected chi connectivity index (χ4v) is 2.56. The number of thiazole rings is 1. The Bertz CT molecular complexity index is 758. The van der Waals surface area contributed by atoms with Gasteiger partial charge in [0.1, 0.15) is 0 Å². The van der Waals surface area contributed by atoms with Crippen molar-refractivity contribution in [3.05, 3.63) is 57.3 Å². The third kappa shape index (κ3) is 2.30. The Labute approximate surface area is 118 Å². The standard InChI is InChI=1S/C13H10N4O2S/c18-17(19)13-2-1-12(10-3-4-14-6-11(10)13)15-5-9-7-20-8-16-9/h1-4,6-8,15H,5H2. The number of nitrogens with one attached hydrogen (secondary N) is 1. The Hall–Kier alpha value is -2.54. The molecule has 3 rings (SSSR count). The van der Waals surface area contributed by atoms with Crippen molar-refractivity contribution in [1.82, 2.24) is 9.97 Å². The Kier molecular flexibility index (Phi) is 3.26. The molecule has 3 aromatic rings. The van der Waals surface area contributed by atoms with E-state index in [-0.39, 0.29) is 5.69 Å². The first kappa shape index (κ1) is 12.5. The van der Waals surface area contributed by atoms with E-state index >= 15 is 0 Å². The highest BCUT2D eigenvalue weighted by Crippen LogP contribution is 2.30. The first-order valence-corrected chi connectivity index (χ1v) is 6.82. The van der Waals surface area contributed by atoms with Crippen LogP contribution in [-0.4, -0.2) is 14.9 Å². The van der Waals surface area contributed by atoms with Gasteiger partial charge in [0.25, 0.3) is 5.69 Å². The molecule has 0 amide bonds. The number of nitro groups is 1. The Morgan fingerprint density at radius 2 is 2.20 bits per heavy atom. The topological polar surface area (TPSA) is 81.0 Å². The number of nitrogens with zero attached hydrogens (tertiary/aromatic N) is 3. The van der Waals surface area contributed by atoms with Crippen LogP contribution in [0, 0.1) is 10.1 Å². The second kappa shape index (κ2) is 5.22. The van der Waals surface area contributed by atoms with Crippen molar-refractivity contribution in [2.75, 3.05) is 5.32 Å². The Balaban J connectivity index is 1.99. The quantitative estimate of drug-likeness (QED) is 0.588. The maximum Gasteiger partial charge on any atom is 0.278 e. The van der Waals surface area contributed by atoms with Gasteiger partial charge in [0.2, 0.25) is 0 Å². The predicted molar refractivity (Wildman–Crippen MR) is 77.8 cm³/mol. The van der Waals surface area contributed by atoms with Crippen molar-refractivity contribution in [1.29, 1.82) is 0 Å². The molecule has 2 heterocycles. The van der Waals surface area contributed by atoms with E-state index in [4.69, 9.17) is 0 Å². The molecule has 0 saturated heterocycles. The molecular weight excluding hydrogens is 276 g/mol. The van der Waals surface area contributed by atoms with Gasteiger partial charge in [-0.15, -0.1) is 11.3 Å². The lowest BCUT2D eigenvalue weighted by atomic mass is 10.1. The SMILES string of the molecule is O=[N+]([O-])c1ccc(NCc2cscn2)c2ccncc12. The molecule has 6 nitrogen and oxygen atoms in total. The first-order chi connectivity index (χ1) is 9.75. The number of hydrogen-bond acceptors (Lipinski definition) is 6. The summed E-state index contributed by atoms with van der Waals surface area (Å²) in [5, 5.41) is 17.5. The number of nitro benzene ring substituents is 1. The van der Waals surface area contributed by atoms with Gasteiger partial charge in [0.05, 0.1) is 28.1 Å². The minimum absolute atomic E-state index is 0.0623. The summed E-state index contributed by atoms with van der Waals surface area (Å²) in [7, 11) is 0. The molecule has 0 saturated carbocycles. The van der Waals surface area contributed by atoms with Crippen LogP contribution < -0.4 is 5.32 Å². The summed E-state index contributed by atoms with van der Waals surface area (Å²) in [4.78, 5) is 18.8. The molecule has 0 spiro atoms. The minimum atomic E-state index is -0.395. The van der Waals surface area contributed by atoms with Crippen molar-refractivity contribution in [3.63, 3.8) is 0 Å². The lowest BCUT2D eigenvalue weighted by Crippen LogP contribution is -2.01. The number of anilines is 1. The van der Waals surface area contributed by atoms with Crippen LogP contribution >= 0.6 is 11.3 Å². The zero-order chi connectivity index (χ0) is 13.9. The first-order valence-electron chi connectivity index (χ1n) is 5.88. The van der Waals surface area contributed by atoms with Gasteiger partial charge in [0.15, 0.2) is 0 Å². The van der Waals surface area contributed by atoms with Gasteiger partial charge in [-0.3, -0.25) is 15.1 Å². The predicted octanol–water partition coefficient (Wildman–Crippen LogP) is 3.21. The van der Waals surface area contributed by atoms with E-state index in [1.54, 1.807) is 23.8 Å². The van der Waals surface area contributed by atoms with Crippen LogP contribution in [-0.2, 0) is 6.54 Å². The van der Waals surface area contributed by atoms with Crippen LogP contribution in [0.3, 0.4) is 0 Å². The fraction of sp³-hybridized carbons (Fsp3) is 0.0769. The monoisotopic (exact) mass is 286 g/mol. The third-order valence-electron chi connectivity index (χ3n) is 2.94. The van der Waals surface area contributed by atoms with Crippen LogP contribution in [0.1, 0.15) is 5.69 Å². The molecule has 0 aliphatic heterocycles. The molecule has 7 heteroatoms. The molecule has 2 aromatic heterocycles. The summed E-state index contributed by atoms with van der Waals surface area (Å²) < 4.78 is 0. The molecule has 100 valence electrons. The Morgan fingerprint density at radius 1 is 1.30 bits per heavy atom. The average molecular weight is 286 g/mol. The van der Waals surface area contributed by atoms with Crippen LogP contribution in [0.4, 0.5) is 11.4 Å². The molecule has 0 unspecified atom stereocenters. The molecule has 0 radical (unpaired) electrons. The second-order valence-electron chi connectivity index (χ2n) is 4.14. The smallest absolute Gasteiger partial charge is 0.278 e. The minimum Gasteiger partial charge on any atom is -0.379 e. The molecule has 0 bridgehead atoms. The van der Waals surface area contributed by atoms with Crippen LogP contribution in [0.2, 0.25) is 0 Å². The third-order valence-corrected chi connectivity index (χ3v) is 3.57. The van der Waals surface area contributed by atoms with E-state index in [1.165, 1.54) is 23.6 Å². The van der Waals surface area contributed by atoms with E-state index in [1.807, 2.05) is 5.38 Å². The summed E-state index contributed by atoms with van der Waals surface area (Å²) in [5.41, 5.74) is 3.61. The van der Waals surface area contributed by atoms with Gasteiger partial charge < -0.3 is 5.32 Å². The van der Waals surface area contributed by atoms with Crippen LogP contribution in [0.5, 0.6) is 0 Å². The maximum atomic E-state index is 11.0. The summed E-state index contributed by atoms with van der Waals surface area (Å²) in [6.45, 7) is 0.582. The van der Waals surface area contributed by atoms with Crippen molar-refractivity contribution in [2.24, 2.45) is 0 Å². The van der Waals surface area contributed by atoms with Gasteiger partial charge in [0, 0.05) is 34.9 Å². The molecular formula is C13H10N4O2S. The summed E-state index contributed by atoms with van der Waals surface area (Å²) in [6, 6.07) is 4.98. The van der Waals surface area contributed by atoms with Crippen LogP contribution in [0.15, 0.2) is 41.5 Å². The molecule has 0 atom stereocenters. The van der Waals surface area contributed by atoms with E-state index in [0.29, 0.717) is 11.9 Å². The van der Waals surface area contributed by atoms with E-state index in [0.717, 1.165) is 16.8 Å². The maximum absolute atomic E-state index is 11.0. The number of aromatic nitrogens is 2. The largest absolute Gasteiger partial charge is 0.379 e. The van der Waals surface area contributed by atoms with Crippen molar-refractivity contribution < 1.29 is 4.92 Å². The fourth-order valence-electron chi connectivity index (χ4n) is 2.00. The van der Waals surface area contributed by atoms with Gasteiger partial charge in [-0.25, -0.2) is 4.98 Å². The molecule has 0 fully saturated rings. The number of benzene rings is 1. The molecule has 20 heavy (non-hydrogen) atoms. The van der Waals surface area contributed by atoms with Gasteiger partial charge in [-0.05, 0) is 12.1 Å². The number of non-ortho nitro benzene ring substituents is 1. The molecule has 1 N–H and O–H groups in total. The highest BCUT2D eigenvalue weighted by molar-refractivity contribution is 7.07. The number of hydrogen-bond donors (Lipinski definition) is 1. The van der Waals surface area contributed by atoms with Crippen molar-refractivity contribution >= 4 is 33.5 Å². The highest BCUT2D eigenvalue weighted by atomic mass is 32.1. The second-order valence-corrected chi connectivity index (χ2v) is 4.86. The zero-order valence-corrected chi connectivity index (χ0v) is 11.1. The zero-order valence-electron chi connectivity index (χ0n) is 10.3. The van der Waals surface area contributed by atoms with Gasteiger partial charge in [-0.2, -0.15) is 0 Å². The average Bonchev–Trinajstić information content (AvgIpc) is 2.97. The lowest BCUT2D eigenvalue weighted by molar-refractivity contribution is -0.383. The summed E-state index contributed by atoms with van der Waals surface area (Å²) >= 11 is 1.53. The van der Waals surface area contributed by atoms with E-state index < -0.39 is 4.92 Å². The molecule has 1 aromatic carbocycles. The summed E-state index contributed by atoms with van der Waals surface area (Å²) in [5.74, 6) is 0. The van der Waals surface area contributed by atoms with Crippen LogP contribution in [0.25, 0.3) is 10.8 Å². The normalized spacial score (nSPS) is 10.6. The highest BCUT2D eigenvalue weighted by Gasteiger charge is 2.14. The van der Waals surface area contributed by atoms with Crippen molar-refractivity contribution in [2.45, 2.75) is 6.54 Å². The van der Waals surface area contributed by atoms with Gasteiger partial charge in [-0.1, -0.05) is 0 Å². The molecule has 0 aliphatic rings. The van der Waals surface area contributed by atoms with Gasteiger partial charge >= 0.3 is 0 Å². The summed E-state index contributed by atoms with van der Waals surface area (Å²) in [6.07, 6.45) is 3.14.